The zero-order valence-corrected chi connectivity index (χ0v) is 8.99. The molecular weight excluding hydrogens is 184 g/mol. The zero-order chi connectivity index (χ0) is 10.8. The number of methoxy groups -OCH3 is 1. The van der Waals surface area contributed by atoms with Gasteiger partial charge in [-0.1, -0.05) is 6.92 Å². The summed E-state index contributed by atoms with van der Waals surface area (Å²) in [4.78, 5) is 10.6. The van der Waals surface area contributed by atoms with Crippen LogP contribution < -0.4 is 0 Å². The number of aliphatic carboxylic acids is 1. The highest BCUT2D eigenvalue weighted by molar-refractivity contribution is 5.69. The molecule has 0 spiro atoms. The molecule has 0 heterocycles. The predicted octanol–water partition coefficient (Wildman–Crippen LogP) is 1.54. The molecule has 0 bridgehead atoms. The molecular formula is C10H20O4. The highest BCUT2D eigenvalue weighted by atomic mass is 16.5. The van der Waals surface area contributed by atoms with E-state index in [9.17, 15) is 4.79 Å². The molecule has 4 heteroatoms. The lowest BCUT2D eigenvalue weighted by Gasteiger charge is -2.09. The van der Waals surface area contributed by atoms with Crippen molar-refractivity contribution in [3.05, 3.63) is 0 Å². The number of hydrogen-bond acceptors (Lipinski definition) is 3. The summed E-state index contributed by atoms with van der Waals surface area (Å²) in [7, 11) is 1.65. The summed E-state index contributed by atoms with van der Waals surface area (Å²) in [5, 5.41) is 8.74. The van der Waals surface area contributed by atoms with Gasteiger partial charge in [-0.2, -0.15) is 0 Å². The molecule has 1 unspecified atom stereocenters. The Morgan fingerprint density at radius 1 is 1.36 bits per heavy atom. The van der Waals surface area contributed by atoms with Gasteiger partial charge >= 0.3 is 5.97 Å². The molecule has 0 saturated carbocycles. The quantitative estimate of drug-likeness (QED) is 0.579. The molecule has 0 amide bonds. The van der Waals surface area contributed by atoms with Crippen molar-refractivity contribution in [2.75, 3.05) is 26.9 Å². The van der Waals surface area contributed by atoms with Gasteiger partial charge in [0.15, 0.2) is 0 Å². The van der Waals surface area contributed by atoms with Crippen LogP contribution in [-0.2, 0) is 14.3 Å². The first-order valence-electron chi connectivity index (χ1n) is 5.01. The molecule has 14 heavy (non-hydrogen) atoms. The maximum atomic E-state index is 10.6. The third kappa shape index (κ3) is 6.86. The van der Waals surface area contributed by atoms with Gasteiger partial charge < -0.3 is 14.6 Å². The predicted molar refractivity (Wildman–Crippen MR) is 53.3 cm³/mol. The van der Waals surface area contributed by atoms with Crippen LogP contribution in [0.5, 0.6) is 0 Å². The fourth-order valence-electron chi connectivity index (χ4n) is 1.14. The Balaban J connectivity index is 3.29. The fourth-order valence-corrected chi connectivity index (χ4v) is 1.14. The molecule has 0 fully saturated rings. The molecule has 0 rings (SSSR count). The SMILES string of the molecule is CCC(CCOCCCOC)C(=O)O. The zero-order valence-electron chi connectivity index (χ0n) is 8.99. The Bertz CT molecular complexity index is 147. The molecule has 84 valence electrons. The van der Waals surface area contributed by atoms with E-state index in [0.29, 0.717) is 32.7 Å². The van der Waals surface area contributed by atoms with Gasteiger partial charge in [0.1, 0.15) is 0 Å². The summed E-state index contributed by atoms with van der Waals surface area (Å²) in [6.07, 6.45) is 2.12. The van der Waals surface area contributed by atoms with E-state index in [2.05, 4.69) is 0 Å². The lowest BCUT2D eigenvalue weighted by Crippen LogP contribution is -2.15. The number of hydrogen-bond donors (Lipinski definition) is 1. The van der Waals surface area contributed by atoms with Crippen LogP contribution >= 0.6 is 0 Å². The summed E-state index contributed by atoms with van der Waals surface area (Å²) in [6, 6.07) is 0. The fraction of sp³-hybridized carbons (Fsp3) is 0.900. The van der Waals surface area contributed by atoms with Crippen molar-refractivity contribution in [3.63, 3.8) is 0 Å². The summed E-state index contributed by atoms with van der Waals surface area (Å²) >= 11 is 0. The van der Waals surface area contributed by atoms with Crippen LogP contribution in [0.15, 0.2) is 0 Å². The lowest BCUT2D eigenvalue weighted by molar-refractivity contribution is -0.142. The molecule has 0 saturated heterocycles. The van der Waals surface area contributed by atoms with Crippen LogP contribution in [0, 0.1) is 5.92 Å². The van der Waals surface area contributed by atoms with Gasteiger partial charge in [-0.25, -0.2) is 0 Å². The average Bonchev–Trinajstić information content (AvgIpc) is 2.16. The first kappa shape index (κ1) is 13.4. The van der Waals surface area contributed by atoms with Gasteiger partial charge in [-0.05, 0) is 19.3 Å². The minimum atomic E-state index is -0.729. The van der Waals surface area contributed by atoms with Crippen LogP contribution in [0.1, 0.15) is 26.2 Å². The van der Waals surface area contributed by atoms with Crippen molar-refractivity contribution in [2.24, 2.45) is 5.92 Å². The maximum absolute atomic E-state index is 10.6. The largest absolute Gasteiger partial charge is 0.481 e. The second kappa shape index (κ2) is 8.97. The first-order chi connectivity index (χ1) is 6.72. The molecule has 4 nitrogen and oxygen atoms in total. The smallest absolute Gasteiger partial charge is 0.306 e. The summed E-state index contributed by atoms with van der Waals surface area (Å²) in [6.45, 7) is 3.73. The molecule has 1 N–H and O–H groups in total. The summed E-state index contributed by atoms with van der Waals surface area (Å²) in [5.41, 5.74) is 0. The normalized spacial score (nSPS) is 12.7. The van der Waals surface area contributed by atoms with E-state index >= 15 is 0 Å². The molecule has 0 aliphatic carbocycles. The molecule has 0 aromatic carbocycles. The third-order valence-electron chi connectivity index (χ3n) is 2.09. The van der Waals surface area contributed by atoms with Gasteiger partial charge in [0, 0.05) is 26.9 Å². The van der Waals surface area contributed by atoms with Gasteiger partial charge in [0.25, 0.3) is 0 Å². The number of carboxylic acids is 1. The van der Waals surface area contributed by atoms with Gasteiger partial charge in [-0.15, -0.1) is 0 Å². The van der Waals surface area contributed by atoms with Crippen LogP contribution in [0.2, 0.25) is 0 Å². The van der Waals surface area contributed by atoms with Gasteiger partial charge in [0.2, 0.25) is 0 Å². The van der Waals surface area contributed by atoms with E-state index in [-0.39, 0.29) is 5.92 Å². The third-order valence-corrected chi connectivity index (χ3v) is 2.09. The summed E-state index contributed by atoms with van der Waals surface area (Å²) in [5.74, 6) is -0.995. The van der Waals surface area contributed by atoms with E-state index in [0.717, 1.165) is 6.42 Å². The highest BCUT2D eigenvalue weighted by Gasteiger charge is 2.13. The monoisotopic (exact) mass is 204 g/mol. The van der Waals surface area contributed by atoms with E-state index in [1.54, 1.807) is 7.11 Å². The van der Waals surface area contributed by atoms with E-state index in [1.807, 2.05) is 6.92 Å². The van der Waals surface area contributed by atoms with Crippen LogP contribution in [0.25, 0.3) is 0 Å². The van der Waals surface area contributed by atoms with Crippen molar-refractivity contribution >= 4 is 5.97 Å². The molecule has 0 aromatic heterocycles. The van der Waals surface area contributed by atoms with Crippen LogP contribution in [0.3, 0.4) is 0 Å². The van der Waals surface area contributed by atoms with Crippen molar-refractivity contribution in [1.29, 1.82) is 0 Å². The second-order valence-corrected chi connectivity index (χ2v) is 3.19. The van der Waals surface area contributed by atoms with Crippen molar-refractivity contribution in [1.82, 2.24) is 0 Å². The maximum Gasteiger partial charge on any atom is 0.306 e. The van der Waals surface area contributed by atoms with E-state index in [4.69, 9.17) is 14.6 Å². The van der Waals surface area contributed by atoms with Crippen LogP contribution in [0.4, 0.5) is 0 Å². The Hall–Kier alpha value is -0.610. The molecule has 0 aromatic rings. The Labute approximate surface area is 85.2 Å². The topological polar surface area (TPSA) is 55.8 Å². The van der Waals surface area contributed by atoms with Gasteiger partial charge in [0.05, 0.1) is 5.92 Å². The minimum Gasteiger partial charge on any atom is -0.481 e. The number of ether oxygens (including phenoxy) is 2. The number of carboxylic acid groups (broad SMARTS) is 1. The summed E-state index contributed by atoms with van der Waals surface area (Å²) < 4.78 is 10.1. The van der Waals surface area contributed by atoms with E-state index < -0.39 is 5.97 Å². The Morgan fingerprint density at radius 3 is 2.57 bits per heavy atom. The molecule has 0 radical (unpaired) electrons. The molecule has 0 aliphatic rings. The first-order valence-corrected chi connectivity index (χ1v) is 5.01. The van der Waals surface area contributed by atoms with Gasteiger partial charge in [-0.3, -0.25) is 4.79 Å². The Kier molecular flexibility index (Phi) is 8.57. The Morgan fingerprint density at radius 2 is 2.07 bits per heavy atom. The second-order valence-electron chi connectivity index (χ2n) is 3.19. The average molecular weight is 204 g/mol. The standard InChI is InChI=1S/C10H20O4/c1-3-9(10(11)12)5-8-14-7-4-6-13-2/h9H,3-8H2,1-2H3,(H,11,12). The molecule has 0 aliphatic heterocycles. The van der Waals surface area contributed by atoms with E-state index in [1.165, 1.54) is 0 Å². The highest BCUT2D eigenvalue weighted by Crippen LogP contribution is 2.08. The van der Waals surface area contributed by atoms with Crippen molar-refractivity contribution in [3.8, 4) is 0 Å². The van der Waals surface area contributed by atoms with Crippen molar-refractivity contribution in [2.45, 2.75) is 26.2 Å². The lowest BCUT2D eigenvalue weighted by atomic mass is 10.0. The van der Waals surface area contributed by atoms with Crippen LogP contribution in [-0.4, -0.2) is 38.0 Å². The molecule has 1 atom stereocenters. The van der Waals surface area contributed by atoms with Crippen molar-refractivity contribution < 1.29 is 19.4 Å². The number of carbonyl (C=O) groups is 1. The minimum absolute atomic E-state index is 0.266. The number of rotatable bonds is 9.